The van der Waals surface area contributed by atoms with Crippen molar-refractivity contribution in [2.45, 2.75) is 57.6 Å². The first-order valence-electron chi connectivity index (χ1n) is 8.53. The molecule has 0 atom stereocenters. The summed E-state index contributed by atoms with van der Waals surface area (Å²) < 4.78 is 5.25. The third kappa shape index (κ3) is 4.20. The Morgan fingerprint density at radius 1 is 1.25 bits per heavy atom. The van der Waals surface area contributed by atoms with Gasteiger partial charge in [-0.15, -0.1) is 0 Å². The number of carbonyl (C=O) groups excluding carboxylic acids is 1. The second kappa shape index (κ2) is 8.06. The number of hydrogen-bond acceptors (Lipinski definition) is 5. The normalized spacial score (nSPS) is 14.9. The fraction of sp³-hybridized carbons (Fsp3) is 0.500. The second-order valence-corrected chi connectivity index (χ2v) is 6.23. The van der Waals surface area contributed by atoms with Crippen LogP contribution in [-0.2, 0) is 24.4 Å². The van der Waals surface area contributed by atoms with Gasteiger partial charge in [0.2, 0.25) is 11.8 Å². The molecule has 0 spiro atoms. The van der Waals surface area contributed by atoms with Crippen LogP contribution in [0.3, 0.4) is 0 Å². The molecule has 0 aliphatic heterocycles. The lowest BCUT2D eigenvalue weighted by molar-refractivity contribution is -0.121. The van der Waals surface area contributed by atoms with E-state index in [1.807, 2.05) is 24.3 Å². The van der Waals surface area contributed by atoms with Crippen molar-refractivity contribution >= 4 is 5.91 Å². The molecule has 2 N–H and O–H groups in total. The van der Waals surface area contributed by atoms with Gasteiger partial charge < -0.3 is 14.9 Å². The van der Waals surface area contributed by atoms with Crippen molar-refractivity contribution < 1.29 is 14.4 Å². The van der Waals surface area contributed by atoms with Crippen LogP contribution in [0, 0.1) is 0 Å². The Morgan fingerprint density at radius 3 is 2.75 bits per heavy atom. The number of carbonyl (C=O) groups is 1. The Kier molecular flexibility index (Phi) is 5.59. The molecule has 1 aromatic carbocycles. The lowest BCUT2D eigenvalue weighted by Gasteiger charge is -2.08. The zero-order chi connectivity index (χ0) is 16.8. The highest BCUT2D eigenvalue weighted by atomic mass is 16.5. The molecule has 1 saturated carbocycles. The van der Waals surface area contributed by atoms with Gasteiger partial charge in [-0.25, -0.2) is 0 Å². The minimum absolute atomic E-state index is 0.0298. The van der Waals surface area contributed by atoms with Gasteiger partial charge in [0.15, 0.2) is 5.82 Å². The highest BCUT2D eigenvalue weighted by Crippen LogP contribution is 2.32. The predicted molar refractivity (Wildman–Crippen MR) is 88.0 cm³/mol. The monoisotopic (exact) mass is 329 g/mol. The minimum Gasteiger partial charge on any atom is -0.392 e. The quantitative estimate of drug-likeness (QED) is 0.814. The number of aliphatic hydroxyl groups is 1. The van der Waals surface area contributed by atoms with Crippen LogP contribution in [0.5, 0.6) is 0 Å². The van der Waals surface area contributed by atoms with Crippen LogP contribution in [0.2, 0.25) is 0 Å². The summed E-state index contributed by atoms with van der Waals surface area (Å²) in [6.07, 6.45) is 5.48. The average molecular weight is 329 g/mol. The summed E-state index contributed by atoms with van der Waals surface area (Å²) in [4.78, 5) is 16.4. The summed E-state index contributed by atoms with van der Waals surface area (Å²) in [5.74, 6) is 1.68. The lowest BCUT2D eigenvalue weighted by Crippen LogP contribution is -2.23. The van der Waals surface area contributed by atoms with Crippen LogP contribution in [0.4, 0.5) is 0 Å². The smallest absolute Gasteiger partial charge is 0.227 e. The summed E-state index contributed by atoms with van der Waals surface area (Å²) >= 11 is 0. The molecule has 6 heteroatoms. The van der Waals surface area contributed by atoms with E-state index < -0.39 is 0 Å². The molecule has 1 aromatic heterocycles. The molecule has 6 nitrogen and oxygen atoms in total. The lowest BCUT2D eigenvalue weighted by atomic mass is 10.1. The highest BCUT2D eigenvalue weighted by Gasteiger charge is 2.22. The van der Waals surface area contributed by atoms with E-state index in [1.165, 1.54) is 12.8 Å². The number of rotatable bonds is 7. The van der Waals surface area contributed by atoms with Gasteiger partial charge in [0.05, 0.1) is 6.61 Å². The molecule has 24 heavy (non-hydrogen) atoms. The van der Waals surface area contributed by atoms with Crippen molar-refractivity contribution in [2.75, 3.05) is 0 Å². The fourth-order valence-corrected chi connectivity index (χ4v) is 3.11. The predicted octanol–water partition coefficient (Wildman–Crippen LogP) is 2.47. The van der Waals surface area contributed by atoms with Crippen LogP contribution in [-0.4, -0.2) is 21.2 Å². The molecule has 128 valence electrons. The van der Waals surface area contributed by atoms with Crippen LogP contribution in [0.1, 0.15) is 60.9 Å². The van der Waals surface area contributed by atoms with Crippen molar-refractivity contribution in [3.05, 3.63) is 47.1 Å². The van der Waals surface area contributed by atoms with Crippen molar-refractivity contribution in [3.8, 4) is 0 Å². The first-order chi connectivity index (χ1) is 11.8. The van der Waals surface area contributed by atoms with Crippen molar-refractivity contribution in [1.29, 1.82) is 0 Å². The summed E-state index contributed by atoms with van der Waals surface area (Å²) in [6.45, 7) is 0.380. The summed E-state index contributed by atoms with van der Waals surface area (Å²) in [7, 11) is 0. The standard InChI is InChI=1S/C18H23N3O3/c22-12-15-8-4-3-7-14(15)11-19-16(23)9-10-17-20-18(21-24-17)13-5-1-2-6-13/h3-4,7-8,13,22H,1-2,5-6,9-12H2,(H,19,23). The maximum absolute atomic E-state index is 12.0. The van der Waals surface area contributed by atoms with Gasteiger partial charge in [0.25, 0.3) is 0 Å². The summed E-state index contributed by atoms with van der Waals surface area (Å²) in [6, 6.07) is 7.51. The van der Waals surface area contributed by atoms with Gasteiger partial charge in [0.1, 0.15) is 0 Å². The van der Waals surface area contributed by atoms with Gasteiger partial charge >= 0.3 is 0 Å². The van der Waals surface area contributed by atoms with Gasteiger partial charge in [0, 0.05) is 25.3 Å². The van der Waals surface area contributed by atoms with E-state index >= 15 is 0 Å². The van der Waals surface area contributed by atoms with Crippen LogP contribution in [0.15, 0.2) is 28.8 Å². The fourth-order valence-electron chi connectivity index (χ4n) is 3.11. The molecule has 0 radical (unpaired) electrons. The molecule has 2 aromatic rings. The van der Waals surface area contributed by atoms with E-state index in [1.54, 1.807) is 0 Å². The van der Waals surface area contributed by atoms with E-state index in [0.717, 1.165) is 29.8 Å². The second-order valence-electron chi connectivity index (χ2n) is 6.23. The molecule has 1 aliphatic rings. The Balaban J connectivity index is 1.45. The Morgan fingerprint density at radius 2 is 2.00 bits per heavy atom. The average Bonchev–Trinajstić information content (AvgIpc) is 3.29. The third-order valence-corrected chi connectivity index (χ3v) is 4.53. The van der Waals surface area contributed by atoms with Gasteiger partial charge in [-0.2, -0.15) is 4.98 Å². The summed E-state index contributed by atoms with van der Waals surface area (Å²) in [5.41, 5.74) is 1.76. The van der Waals surface area contributed by atoms with E-state index in [0.29, 0.717) is 31.2 Å². The van der Waals surface area contributed by atoms with Crippen LogP contribution >= 0.6 is 0 Å². The number of aliphatic hydroxyl groups excluding tert-OH is 1. The molecule has 0 unspecified atom stereocenters. The van der Waals surface area contributed by atoms with E-state index in [9.17, 15) is 9.90 Å². The zero-order valence-corrected chi connectivity index (χ0v) is 13.7. The minimum atomic E-state index is -0.0663. The molecular formula is C18H23N3O3. The molecule has 0 bridgehead atoms. The molecule has 0 saturated heterocycles. The number of hydrogen-bond donors (Lipinski definition) is 2. The molecule has 1 amide bonds. The largest absolute Gasteiger partial charge is 0.392 e. The SMILES string of the molecule is O=C(CCc1nc(C2CCCC2)no1)NCc1ccccc1CO. The van der Waals surface area contributed by atoms with E-state index in [4.69, 9.17) is 4.52 Å². The number of nitrogens with zero attached hydrogens (tertiary/aromatic N) is 2. The Bertz CT molecular complexity index is 678. The Hall–Kier alpha value is -2.21. The maximum Gasteiger partial charge on any atom is 0.227 e. The third-order valence-electron chi connectivity index (χ3n) is 4.53. The van der Waals surface area contributed by atoms with Crippen molar-refractivity contribution in [2.24, 2.45) is 0 Å². The Labute approximate surface area is 141 Å². The zero-order valence-electron chi connectivity index (χ0n) is 13.7. The van der Waals surface area contributed by atoms with Crippen molar-refractivity contribution in [3.63, 3.8) is 0 Å². The summed E-state index contributed by atoms with van der Waals surface area (Å²) in [5, 5.41) is 16.2. The van der Waals surface area contributed by atoms with Crippen molar-refractivity contribution in [1.82, 2.24) is 15.5 Å². The number of aryl methyl sites for hydroxylation is 1. The molecular weight excluding hydrogens is 306 g/mol. The maximum atomic E-state index is 12.0. The first-order valence-corrected chi connectivity index (χ1v) is 8.53. The number of aromatic nitrogens is 2. The molecule has 3 rings (SSSR count). The highest BCUT2D eigenvalue weighted by molar-refractivity contribution is 5.76. The number of nitrogens with one attached hydrogen (secondary N) is 1. The molecule has 1 aliphatic carbocycles. The number of benzene rings is 1. The molecule has 1 fully saturated rings. The van der Waals surface area contributed by atoms with Crippen LogP contribution < -0.4 is 5.32 Å². The van der Waals surface area contributed by atoms with Gasteiger partial charge in [-0.1, -0.05) is 42.3 Å². The first kappa shape index (κ1) is 16.6. The number of amides is 1. The topological polar surface area (TPSA) is 88.2 Å². The molecule has 1 heterocycles. The van der Waals surface area contributed by atoms with Crippen LogP contribution in [0.25, 0.3) is 0 Å². The van der Waals surface area contributed by atoms with E-state index in [-0.39, 0.29) is 12.5 Å². The van der Waals surface area contributed by atoms with E-state index in [2.05, 4.69) is 15.5 Å². The van der Waals surface area contributed by atoms with Gasteiger partial charge in [-0.05, 0) is 24.0 Å². The van der Waals surface area contributed by atoms with Gasteiger partial charge in [-0.3, -0.25) is 4.79 Å².